The number of hydrogen-bond acceptors (Lipinski definition) is 3. The van der Waals surface area contributed by atoms with E-state index in [0.29, 0.717) is 11.1 Å². The molecule has 0 fully saturated rings. The molecule has 3 nitrogen and oxygen atoms in total. The molecule has 1 aromatic heterocycles. The number of anilines is 1. The van der Waals surface area contributed by atoms with Crippen LogP contribution in [-0.2, 0) is 0 Å². The molecular formula is C14H14N2O. The largest absolute Gasteiger partial charge is 0.378 e. The molecule has 0 radical (unpaired) electrons. The average molecular weight is 226 g/mol. The van der Waals surface area contributed by atoms with Gasteiger partial charge >= 0.3 is 0 Å². The first kappa shape index (κ1) is 11.3. The maximum absolute atomic E-state index is 12.1. The Morgan fingerprint density at radius 1 is 0.941 bits per heavy atom. The van der Waals surface area contributed by atoms with Crippen LogP contribution in [0.15, 0.2) is 48.8 Å². The standard InChI is InChI=1S/C14H14N2O/c1-16(2)13-5-3-11(4-6-13)14(17)12-7-9-15-10-8-12/h3-10H,1-2H3. The number of pyridine rings is 1. The molecule has 0 spiro atoms. The SMILES string of the molecule is CN(C)c1ccc(C(=O)c2ccncc2)cc1. The molecule has 0 N–H and O–H groups in total. The molecule has 1 aromatic carbocycles. The van der Waals surface area contributed by atoms with Crippen LogP contribution in [0.1, 0.15) is 15.9 Å². The van der Waals surface area contributed by atoms with E-state index in [4.69, 9.17) is 0 Å². The van der Waals surface area contributed by atoms with Crippen molar-refractivity contribution in [1.82, 2.24) is 4.98 Å². The second kappa shape index (κ2) is 4.78. The van der Waals surface area contributed by atoms with Crippen LogP contribution in [0.3, 0.4) is 0 Å². The number of nitrogens with zero attached hydrogens (tertiary/aromatic N) is 2. The summed E-state index contributed by atoms with van der Waals surface area (Å²) >= 11 is 0. The van der Waals surface area contributed by atoms with Gasteiger partial charge in [-0.05, 0) is 36.4 Å². The van der Waals surface area contributed by atoms with E-state index >= 15 is 0 Å². The lowest BCUT2D eigenvalue weighted by Crippen LogP contribution is -2.09. The Bertz CT molecular complexity index is 504. The molecule has 0 aliphatic rings. The third kappa shape index (κ3) is 2.50. The van der Waals surface area contributed by atoms with Crippen molar-refractivity contribution in [3.63, 3.8) is 0 Å². The maximum Gasteiger partial charge on any atom is 0.193 e. The van der Waals surface area contributed by atoms with Crippen LogP contribution in [0, 0.1) is 0 Å². The van der Waals surface area contributed by atoms with Gasteiger partial charge in [0.2, 0.25) is 0 Å². The van der Waals surface area contributed by atoms with E-state index in [0.717, 1.165) is 5.69 Å². The van der Waals surface area contributed by atoms with Gasteiger partial charge in [0.1, 0.15) is 0 Å². The average Bonchev–Trinajstić information content (AvgIpc) is 2.39. The van der Waals surface area contributed by atoms with Gasteiger partial charge in [-0.25, -0.2) is 0 Å². The minimum absolute atomic E-state index is 0.0257. The Balaban J connectivity index is 2.27. The Hall–Kier alpha value is -2.16. The van der Waals surface area contributed by atoms with Gasteiger partial charge in [0.15, 0.2) is 5.78 Å². The monoisotopic (exact) mass is 226 g/mol. The molecule has 3 heteroatoms. The molecule has 0 unspecified atom stereocenters. The van der Waals surface area contributed by atoms with Crippen LogP contribution >= 0.6 is 0 Å². The van der Waals surface area contributed by atoms with Crippen molar-refractivity contribution in [1.29, 1.82) is 0 Å². The predicted octanol–water partition coefficient (Wildman–Crippen LogP) is 2.38. The molecule has 0 amide bonds. The molecule has 0 aliphatic heterocycles. The summed E-state index contributed by atoms with van der Waals surface area (Å²) in [7, 11) is 3.94. The zero-order valence-corrected chi connectivity index (χ0v) is 9.92. The van der Waals surface area contributed by atoms with E-state index < -0.39 is 0 Å². The number of carbonyl (C=O) groups excluding carboxylic acids is 1. The smallest absolute Gasteiger partial charge is 0.193 e. The van der Waals surface area contributed by atoms with Crippen molar-refractivity contribution in [2.24, 2.45) is 0 Å². The maximum atomic E-state index is 12.1. The van der Waals surface area contributed by atoms with Crippen LogP contribution in [0.25, 0.3) is 0 Å². The third-order valence-corrected chi connectivity index (χ3v) is 2.59. The molecule has 0 atom stereocenters. The number of ketones is 1. The summed E-state index contributed by atoms with van der Waals surface area (Å²) < 4.78 is 0. The molecule has 0 saturated carbocycles. The normalized spacial score (nSPS) is 10.0. The van der Waals surface area contributed by atoms with Gasteiger partial charge in [-0.15, -0.1) is 0 Å². The van der Waals surface area contributed by atoms with Crippen LogP contribution in [0.2, 0.25) is 0 Å². The predicted molar refractivity (Wildman–Crippen MR) is 68.4 cm³/mol. The molecule has 2 aromatic rings. The second-order valence-corrected chi connectivity index (χ2v) is 4.01. The van der Waals surface area contributed by atoms with E-state index in [1.54, 1.807) is 24.5 Å². The fourth-order valence-electron chi connectivity index (χ4n) is 1.58. The summed E-state index contributed by atoms with van der Waals surface area (Å²) in [6.07, 6.45) is 3.25. The van der Waals surface area contributed by atoms with Gasteiger partial charge in [0.05, 0.1) is 0 Å². The Kier molecular flexibility index (Phi) is 3.19. The fraction of sp³-hybridized carbons (Fsp3) is 0.143. The molecular weight excluding hydrogens is 212 g/mol. The first-order valence-corrected chi connectivity index (χ1v) is 5.40. The van der Waals surface area contributed by atoms with Crippen molar-refractivity contribution in [3.05, 3.63) is 59.9 Å². The summed E-state index contributed by atoms with van der Waals surface area (Å²) in [6, 6.07) is 11.0. The van der Waals surface area contributed by atoms with Crippen LogP contribution in [-0.4, -0.2) is 24.9 Å². The zero-order valence-electron chi connectivity index (χ0n) is 9.92. The second-order valence-electron chi connectivity index (χ2n) is 4.01. The van der Waals surface area contributed by atoms with E-state index in [1.165, 1.54) is 0 Å². The van der Waals surface area contributed by atoms with Crippen LogP contribution in [0.4, 0.5) is 5.69 Å². The lowest BCUT2D eigenvalue weighted by atomic mass is 10.0. The topological polar surface area (TPSA) is 33.2 Å². The first-order valence-electron chi connectivity index (χ1n) is 5.40. The number of carbonyl (C=O) groups is 1. The number of aromatic nitrogens is 1. The first-order chi connectivity index (χ1) is 8.18. The Morgan fingerprint density at radius 2 is 1.47 bits per heavy atom. The molecule has 0 aliphatic carbocycles. The highest BCUT2D eigenvalue weighted by Gasteiger charge is 2.08. The highest BCUT2D eigenvalue weighted by Crippen LogP contribution is 2.15. The fourth-order valence-corrected chi connectivity index (χ4v) is 1.58. The highest BCUT2D eigenvalue weighted by molar-refractivity contribution is 6.09. The molecule has 2 rings (SSSR count). The third-order valence-electron chi connectivity index (χ3n) is 2.59. The van der Waals surface area contributed by atoms with E-state index in [1.807, 2.05) is 43.3 Å². The van der Waals surface area contributed by atoms with E-state index in [9.17, 15) is 4.79 Å². The quantitative estimate of drug-likeness (QED) is 0.753. The van der Waals surface area contributed by atoms with Gasteiger partial charge in [-0.2, -0.15) is 0 Å². The summed E-state index contributed by atoms with van der Waals surface area (Å²) in [5.74, 6) is 0.0257. The summed E-state index contributed by atoms with van der Waals surface area (Å²) in [5.41, 5.74) is 2.44. The summed E-state index contributed by atoms with van der Waals surface area (Å²) in [5, 5.41) is 0. The Labute approximate surface area is 101 Å². The van der Waals surface area contributed by atoms with Crippen LogP contribution in [0.5, 0.6) is 0 Å². The highest BCUT2D eigenvalue weighted by atomic mass is 16.1. The van der Waals surface area contributed by atoms with Crippen molar-refractivity contribution in [2.75, 3.05) is 19.0 Å². The number of benzene rings is 1. The van der Waals surface area contributed by atoms with Gasteiger partial charge in [0.25, 0.3) is 0 Å². The molecule has 0 bridgehead atoms. The summed E-state index contributed by atoms with van der Waals surface area (Å²) in [6.45, 7) is 0. The zero-order chi connectivity index (χ0) is 12.3. The molecule has 0 saturated heterocycles. The molecule has 17 heavy (non-hydrogen) atoms. The number of hydrogen-bond donors (Lipinski definition) is 0. The van der Waals surface area contributed by atoms with Gasteiger partial charge in [-0.1, -0.05) is 0 Å². The molecule has 86 valence electrons. The minimum atomic E-state index is 0.0257. The minimum Gasteiger partial charge on any atom is -0.378 e. The van der Waals surface area contributed by atoms with Gasteiger partial charge in [0, 0.05) is 43.3 Å². The van der Waals surface area contributed by atoms with Crippen molar-refractivity contribution >= 4 is 11.5 Å². The number of rotatable bonds is 3. The van der Waals surface area contributed by atoms with Gasteiger partial charge < -0.3 is 4.90 Å². The van der Waals surface area contributed by atoms with Crippen molar-refractivity contribution in [2.45, 2.75) is 0 Å². The lowest BCUT2D eigenvalue weighted by molar-refractivity contribution is 0.103. The van der Waals surface area contributed by atoms with Crippen molar-refractivity contribution < 1.29 is 4.79 Å². The molecule has 1 heterocycles. The van der Waals surface area contributed by atoms with E-state index in [-0.39, 0.29) is 5.78 Å². The van der Waals surface area contributed by atoms with Crippen molar-refractivity contribution in [3.8, 4) is 0 Å². The Morgan fingerprint density at radius 3 is 2.00 bits per heavy atom. The summed E-state index contributed by atoms with van der Waals surface area (Å²) in [4.78, 5) is 18.0. The lowest BCUT2D eigenvalue weighted by Gasteiger charge is -2.12. The van der Waals surface area contributed by atoms with E-state index in [2.05, 4.69) is 4.98 Å². The van der Waals surface area contributed by atoms with Gasteiger partial charge in [-0.3, -0.25) is 9.78 Å². The van der Waals surface area contributed by atoms with Crippen LogP contribution < -0.4 is 4.90 Å².